The Labute approximate surface area is 118 Å². The molecule has 0 heterocycles. The van der Waals surface area contributed by atoms with E-state index in [0.717, 1.165) is 24.8 Å². The van der Waals surface area contributed by atoms with E-state index < -0.39 is 5.97 Å². The molecule has 1 saturated carbocycles. The van der Waals surface area contributed by atoms with Gasteiger partial charge in [0.15, 0.2) is 12.4 Å². The van der Waals surface area contributed by atoms with Crippen molar-refractivity contribution in [2.75, 3.05) is 6.61 Å². The molecule has 1 aliphatic carbocycles. The van der Waals surface area contributed by atoms with Crippen LogP contribution in [-0.4, -0.2) is 24.1 Å². The molecule has 2 rings (SSSR count). The topological polar surface area (TPSA) is 60.4 Å². The van der Waals surface area contributed by atoms with Crippen LogP contribution in [0.4, 0.5) is 0 Å². The molecule has 106 valence electrons. The van der Waals surface area contributed by atoms with Crippen molar-refractivity contribution in [3.05, 3.63) is 35.4 Å². The third-order valence-corrected chi connectivity index (χ3v) is 3.60. The fourth-order valence-corrected chi connectivity index (χ4v) is 2.49. The van der Waals surface area contributed by atoms with Crippen LogP contribution in [0.25, 0.3) is 0 Å². The molecule has 1 atom stereocenters. The number of esters is 1. The van der Waals surface area contributed by atoms with Gasteiger partial charge in [-0.1, -0.05) is 30.7 Å². The van der Waals surface area contributed by atoms with E-state index in [9.17, 15) is 14.4 Å². The number of hydrogen-bond acceptors (Lipinski definition) is 4. The molecule has 0 bridgehead atoms. The van der Waals surface area contributed by atoms with E-state index in [0.29, 0.717) is 12.0 Å². The molecule has 1 aliphatic rings. The minimum Gasteiger partial charge on any atom is -0.457 e. The quantitative estimate of drug-likeness (QED) is 0.625. The van der Waals surface area contributed by atoms with Crippen LogP contribution in [-0.2, 0) is 14.3 Å². The zero-order chi connectivity index (χ0) is 14.5. The summed E-state index contributed by atoms with van der Waals surface area (Å²) < 4.78 is 4.68. The summed E-state index contributed by atoms with van der Waals surface area (Å²) in [5.41, 5.74) is 1.47. The molecule has 1 aromatic rings. The van der Waals surface area contributed by atoms with Gasteiger partial charge in [0, 0.05) is 24.8 Å². The van der Waals surface area contributed by atoms with Crippen molar-refractivity contribution in [2.24, 2.45) is 0 Å². The summed E-state index contributed by atoms with van der Waals surface area (Å²) in [6.45, 7) is 1.03. The van der Waals surface area contributed by atoms with Crippen LogP contribution in [0.5, 0.6) is 0 Å². The Morgan fingerprint density at radius 2 is 1.90 bits per heavy atom. The first-order valence-corrected chi connectivity index (χ1v) is 6.87. The van der Waals surface area contributed by atoms with Gasteiger partial charge in [0.1, 0.15) is 5.78 Å². The van der Waals surface area contributed by atoms with E-state index >= 15 is 0 Å². The third-order valence-electron chi connectivity index (χ3n) is 3.60. The highest BCUT2D eigenvalue weighted by atomic mass is 16.5. The molecule has 1 unspecified atom stereocenters. The molecule has 0 saturated heterocycles. The van der Waals surface area contributed by atoms with Gasteiger partial charge in [-0.05, 0) is 18.4 Å². The minimum absolute atomic E-state index is 0.0265. The number of benzene rings is 1. The zero-order valence-electron chi connectivity index (χ0n) is 11.6. The van der Waals surface area contributed by atoms with Crippen LogP contribution in [0.1, 0.15) is 54.4 Å². The number of hydrogen-bond donors (Lipinski definition) is 0. The number of Topliss-reactive ketones (excluding diaryl/α,β-unsaturated/α-hetero) is 2. The Balaban J connectivity index is 2.04. The van der Waals surface area contributed by atoms with Crippen LogP contribution >= 0.6 is 0 Å². The van der Waals surface area contributed by atoms with E-state index in [1.54, 1.807) is 12.1 Å². The highest BCUT2D eigenvalue weighted by Crippen LogP contribution is 2.29. The van der Waals surface area contributed by atoms with Crippen molar-refractivity contribution >= 4 is 17.5 Å². The molecular formula is C16H18O4. The first kappa shape index (κ1) is 14.4. The highest BCUT2D eigenvalue weighted by Gasteiger charge is 2.23. The van der Waals surface area contributed by atoms with Crippen LogP contribution < -0.4 is 0 Å². The van der Waals surface area contributed by atoms with E-state index in [-0.39, 0.29) is 24.1 Å². The van der Waals surface area contributed by atoms with E-state index in [2.05, 4.69) is 4.74 Å². The minimum atomic E-state index is -0.470. The molecule has 0 amide bonds. The first-order chi connectivity index (χ1) is 9.58. The Hall–Kier alpha value is -1.97. The largest absolute Gasteiger partial charge is 0.457 e. The van der Waals surface area contributed by atoms with Crippen LogP contribution in [0.2, 0.25) is 0 Å². The van der Waals surface area contributed by atoms with Gasteiger partial charge < -0.3 is 4.74 Å². The summed E-state index contributed by atoms with van der Waals surface area (Å²) in [5, 5.41) is 0. The molecule has 4 nitrogen and oxygen atoms in total. The van der Waals surface area contributed by atoms with Gasteiger partial charge in [-0.3, -0.25) is 14.4 Å². The maximum Gasteiger partial charge on any atom is 0.303 e. The number of rotatable bonds is 4. The van der Waals surface area contributed by atoms with Crippen LogP contribution in [0, 0.1) is 0 Å². The highest BCUT2D eigenvalue weighted by molar-refractivity contribution is 5.98. The number of ether oxygens (including phenoxy) is 1. The standard InChI is InChI=1S/C16H18O4/c1-11(17)20-10-16(19)13-8-6-12(7-9-13)14-4-2-3-5-15(14)18/h6-9,14H,2-5,10H2,1H3. The second kappa shape index (κ2) is 6.46. The van der Waals surface area contributed by atoms with Gasteiger partial charge in [-0.2, -0.15) is 0 Å². The molecule has 0 aromatic heterocycles. The van der Waals surface area contributed by atoms with Crippen molar-refractivity contribution in [1.29, 1.82) is 0 Å². The summed E-state index contributed by atoms with van der Waals surface area (Å²) in [6, 6.07) is 7.05. The van der Waals surface area contributed by atoms with E-state index in [4.69, 9.17) is 0 Å². The van der Waals surface area contributed by atoms with Gasteiger partial charge in [-0.25, -0.2) is 0 Å². The first-order valence-electron chi connectivity index (χ1n) is 6.87. The number of carbonyl (C=O) groups excluding carboxylic acids is 3. The molecule has 0 radical (unpaired) electrons. The van der Waals surface area contributed by atoms with Gasteiger partial charge in [-0.15, -0.1) is 0 Å². The lowest BCUT2D eigenvalue weighted by atomic mass is 9.83. The summed E-state index contributed by atoms with van der Waals surface area (Å²) in [6.07, 6.45) is 3.59. The third kappa shape index (κ3) is 3.53. The second-order valence-corrected chi connectivity index (χ2v) is 5.09. The average molecular weight is 274 g/mol. The normalized spacial score (nSPS) is 18.6. The molecule has 20 heavy (non-hydrogen) atoms. The molecular weight excluding hydrogens is 256 g/mol. The predicted octanol–water partition coefficient (Wildman–Crippen LogP) is 2.66. The Bertz CT molecular complexity index is 516. The summed E-state index contributed by atoms with van der Waals surface area (Å²) in [5.74, 6) is -0.443. The summed E-state index contributed by atoms with van der Waals surface area (Å²) in [4.78, 5) is 34.3. The summed E-state index contributed by atoms with van der Waals surface area (Å²) >= 11 is 0. The fourth-order valence-electron chi connectivity index (χ4n) is 2.49. The second-order valence-electron chi connectivity index (χ2n) is 5.09. The smallest absolute Gasteiger partial charge is 0.303 e. The molecule has 4 heteroatoms. The lowest BCUT2D eigenvalue weighted by Crippen LogP contribution is -2.17. The van der Waals surface area contributed by atoms with Crippen LogP contribution in [0.15, 0.2) is 24.3 Å². The predicted molar refractivity (Wildman–Crippen MR) is 73.6 cm³/mol. The fraction of sp³-hybridized carbons (Fsp3) is 0.438. The van der Waals surface area contributed by atoms with E-state index in [1.165, 1.54) is 6.92 Å². The van der Waals surface area contributed by atoms with Crippen molar-refractivity contribution in [1.82, 2.24) is 0 Å². The number of ketones is 2. The molecule has 0 spiro atoms. The monoisotopic (exact) mass is 274 g/mol. The van der Waals surface area contributed by atoms with Crippen molar-refractivity contribution < 1.29 is 19.1 Å². The SMILES string of the molecule is CC(=O)OCC(=O)c1ccc(C2CCCCC2=O)cc1. The lowest BCUT2D eigenvalue weighted by molar-refractivity contribution is -0.139. The van der Waals surface area contributed by atoms with Gasteiger partial charge in [0.2, 0.25) is 0 Å². The van der Waals surface area contributed by atoms with Crippen LogP contribution in [0.3, 0.4) is 0 Å². The maximum absolute atomic E-state index is 11.9. The molecule has 1 aromatic carbocycles. The lowest BCUT2D eigenvalue weighted by Gasteiger charge is -2.20. The molecule has 0 aliphatic heterocycles. The summed E-state index contributed by atoms with van der Waals surface area (Å²) in [7, 11) is 0. The maximum atomic E-state index is 11.9. The average Bonchev–Trinajstić information content (AvgIpc) is 2.45. The van der Waals surface area contributed by atoms with E-state index in [1.807, 2.05) is 12.1 Å². The number of carbonyl (C=O) groups is 3. The Morgan fingerprint density at radius 1 is 1.20 bits per heavy atom. The molecule has 1 fully saturated rings. The van der Waals surface area contributed by atoms with Gasteiger partial charge in [0.25, 0.3) is 0 Å². The molecule has 0 N–H and O–H groups in total. The Morgan fingerprint density at radius 3 is 2.50 bits per heavy atom. The van der Waals surface area contributed by atoms with Gasteiger partial charge >= 0.3 is 5.97 Å². The van der Waals surface area contributed by atoms with Crippen molar-refractivity contribution in [3.8, 4) is 0 Å². The van der Waals surface area contributed by atoms with Crippen molar-refractivity contribution in [2.45, 2.75) is 38.5 Å². The van der Waals surface area contributed by atoms with Gasteiger partial charge in [0.05, 0.1) is 0 Å². The zero-order valence-corrected chi connectivity index (χ0v) is 11.6. The Kier molecular flexibility index (Phi) is 4.66. The van der Waals surface area contributed by atoms with Crippen molar-refractivity contribution in [3.63, 3.8) is 0 Å².